The molecular formula is C11H10F2N4O2. The zero-order valence-corrected chi connectivity index (χ0v) is 9.91. The molecular weight excluding hydrogens is 258 g/mol. The zero-order valence-electron chi connectivity index (χ0n) is 9.91. The number of aromatic nitrogens is 2. The van der Waals surface area contributed by atoms with Gasteiger partial charge in [0.15, 0.2) is 5.82 Å². The molecule has 0 amide bonds. The standard InChI is InChI=1S/C11H10F2N4O2/c1-6-9(16-5-15-6)4-14-11-8(13)2-7(12)3-10(11)17(18)19/h2-3,5,14H,4H2,1H3,(H,15,16). The summed E-state index contributed by atoms with van der Waals surface area (Å²) >= 11 is 0. The third kappa shape index (κ3) is 2.67. The third-order valence-corrected chi connectivity index (χ3v) is 2.60. The molecule has 0 bridgehead atoms. The van der Waals surface area contributed by atoms with Gasteiger partial charge in [0.05, 0.1) is 29.6 Å². The highest BCUT2D eigenvalue weighted by atomic mass is 19.1. The van der Waals surface area contributed by atoms with Gasteiger partial charge in [0, 0.05) is 11.8 Å². The molecule has 0 aliphatic carbocycles. The van der Waals surface area contributed by atoms with Crippen molar-refractivity contribution in [1.82, 2.24) is 9.97 Å². The van der Waals surface area contributed by atoms with Gasteiger partial charge in [-0.3, -0.25) is 10.1 Å². The lowest BCUT2D eigenvalue weighted by molar-refractivity contribution is -0.384. The number of aryl methyl sites for hydroxylation is 1. The van der Waals surface area contributed by atoms with Crippen LogP contribution in [0.15, 0.2) is 18.5 Å². The molecule has 0 aliphatic rings. The van der Waals surface area contributed by atoms with Crippen molar-refractivity contribution in [2.75, 3.05) is 5.32 Å². The molecule has 2 N–H and O–H groups in total. The second-order valence-corrected chi connectivity index (χ2v) is 3.87. The summed E-state index contributed by atoms with van der Waals surface area (Å²) in [6.07, 6.45) is 1.46. The largest absolute Gasteiger partial charge is 0.371 e. The zero-order chi connectivity index (χ0) is 14.0. The van der Waals surface area contributed by atoms with Crippen LogP contribution in [-0.2, 0) is 6.54 Å². The van der Waals surface area contributed by atoms with Crippen LogP contribution in [0.5, 0.6) is 0 Å². The maximum atomic E-state index is 13.6. The van der Waals surface area contributed by atoms with E-state index in [1.165, 1.54) is 6.33 Å². The van der Waals surface area contributed by atoms with E-state index in [9.17, 15) is 18.9 Å². The number of halogens is 2. The van der Waals surface area contributed by atoms with Gasteiger partial charge >= 0.3 is 0 Å². The molecule has 2 aromatic rings. The summed E-state index contributed by atoms with van der Waals surface area (Å²) in [5.74, 6) is -2.01. The van der Waals surface area contributed by atoms with Crippen LogP contribution in [0.2, 0.25) is 0 Å². The Bertz CT molecular complexity index is 627. The van der Waals surface area contributed by atoms with E-state index in [1.807, 2.05) is 0 Å². The van der Waals surface area contributed by atoms with Crippen LogP contribution in [0, 0.1) is 28.7 Å². The molecule has 8 heteroatoms. The minimum absolute atomic E-state index is 0.0960. The molecule has 19 heavy (non-hydrogen) atoms. The number of hydrogen-bond donors (Lipinski definition) is 2. The number of rotatable bonds is 4. The van der Waals surface area contributed by atoms with Gasteiger partial charge in [-0.25, -0.2) is 13.8 Å². The Labute approximate surface area is 106 Å². The first-order valence-corrected chi connectivity index (χ1v) is 5.35. The van der Waals surface area contributed by atoms with Gasteiger partial charge in [0.25, 0.3) is 5.69 Å². The summed E-state index contributed by atoms with van der Waals surface area (Å²) in [5, 5.41) is 13.3. The first kappa shape index (κ1) is 12.9. The monoisotopic (exact) mass is 268 g/mol. The lowest BCUT2D eigenvalue weighted by atomic mass is 10.2. The van der Waals surface area contributed by atoms with E-state index in [-0.39, 0.29) is 12.2 Å². The number of nitro groups is 1. The highest BCUT2D eigenvalue weighted by Gasteiger charge is 2.20. The maximum absolute atomic E-state index is 13.6. The van der Waals surface area contributed by atoms with Crippen LogP contribution in [-0.4, -0.2) is 14.9 Å². The van der Waals surface area contributed by atoms with Crippen LogP contribution in [0.25, 0.3) is 0 Å². The van der Waals surface area contributed by atoms with Crippen molar-refractivity contribution in [2.24, 2.45) is 0 Å². The SMILES string of the molecule is Cc1[nH]cnc1CNc1c(F)cc(F)cc1[N+](=O)[O-]. The Hall–Kier alpha value is -2.51. The summed E-state index contributed by atoms with van der Waals surface area (Å²) < 4.78 is 26.5. The van der Waals surface area contributed by atoms with Crippen molar-refractivity contribution < 1.29 is 13.7 Å². The second kappa shape index (κ2) is 5.01. The van der Waals surface area contributed by atoms with Gasteiger partial charge in [-0.05, 0) is 6.92 Å². The van der Waals surface area contributed by atoms with Crippen molar-refractivity contribution in [3.05, 3.63) is 51.6 Å². The smallest absolute Gasteiger partial charge is 0.298 e. The summed E-state index contributed by atoms with van der Waals surface area (Å²) in [6, 6.07) is 1.26. The van der Waals surface area contributed by atoms with Gasteiger partial charge in [-0.2, -0.15) is 0 Å². The van der Waals surface area contributed by atoms with Crippen molar-refractivity contribution in [1.29, 1.82) is 0 Å². The molecule has 0 saturated carbocycles. The van der Waals surface area contributed by atoms with E-state index >= 15 is 0 Å². The number of aromatic amines is 1. The summed E-state index contributed by atoms with van der Waals surface area (Å²) in [5.41, 5.74) is 0.357. The fourth-order valence-corrected chi connectivity index (χ4v) is 1.62. The minimum atomic E-state index is -1.01. The van der Waals surface area contributed by atoms with E-state index in [0.29, 0.717) is 17.8 Å². The van der Waals surface area contributed by atoms with Crippen molar-refractivity contribution in [3.8, 4) is 0 Å². The van der Waals surface area contributed by atoms with Gasteiger partial charge < -0.3 is 10.3 Å². The Morgan fingerprint density at radius 2 is 2.21 bits per heavy atom. The fourth-order valence-electron chi connectivity index (χ4n) is 1.62. The first-order chi connectivity index (χ1) is 8.99. The van der Waals surface area contributed by atoms with Crippen LogP contribution >= 0.6 is 0 Å². The third-order valence-electron chi connectivity index (χ3n) is 2.60. The van der Waals surface area contributed by atoms with Crippen LogP contribution < -0.4 is 5.32 Å². The number of nitrogens with zero attached hydrogens (tertiary/aromatic N) is 2. The number of nitro benzene ring substituents is 1. The van der Waals surface area contributed by atoms with Crippen molar-refractivity contribution in [3.63, 3.8) is 0 Å². The van der Waals surface area contributed by atoms with Gasteiger partial charge in [-0.1, -0.05) is 0 Å². The molecule has 1 aromatic carbocycles. The van der Waals surface area contributed by atoms with Crippen LogP contribution in [0.1, 0.15) is 11.4 Å². The maximum Gasteiger partial charge on any atom is 0.298 e. The van der Waals surface area contributed by atoms with Gasteiger partial charge in [0.2, 0.25) is 0 Å². The predicted molar refractivity (Wildman–Crippen MR) is 63.7 cm³/mol. The number of benzene rings is 1. The average Bonchev–Trinajstić information content (AvgIpc) is 2.73. The number of anilines is 1. The molecule has 0 atom stereocenters. The number of imidazole rings is 1. The van der Waals surface area contributed by atoms with Crippen molar-refractivity contribution in [2.45, 2.75) is 13.5 Å². The van der Waals surface area contributed by atoms with Crippen LogP contribution in [0.3, 0.4) is 0 Å². The van der Waals surface area contributed by atoms with Gasteiger partial charge in [-0.15, -0.1) is 0 Å². The quantitative estimate of drug-likeness (QED) is 0.659. The van der Waals surface area contributed by atoms with E-state index < -0.39 is 22.2 Å². The van der Waals surface area contributed by atoms with E-state index in [0.717, 1.165) is 5.69 Å². The second-order valence-electron chi connectivity index (χ2n) is 3.87. The number of hydrogen-bond acceptors (Lipinski definition) is 4. The molecule has 0 unspecified atom stereocenters. The molecule has 6 nitrogen and oxygen atoms in total. The summed E-state index contributed by atoms with van der Waals surface area (Å²) in [6.45, 7) is 1.86. The fraction of sp³-hybridized carbons (Fsp3) is 0.182. The minimum Gasteiger partial charge on any atom is -0.371 e. The Kier molecular flexibility index (Phi) is 3.41. The molecule has 1 heterocycles. The Morgan fingerprint density at radius 1 is 1.47 bits per heavy atom. The highest BCUT2D eigenvalue weighted by molar-refractivity contribution is 5.62. The predicted octanol–water partition coefficient (Wildman–Crippen LogP) is 2.52. The van der Waals surface area contributed by atoms with Crippen molar-refractivity contribution >= 4 is 11.4 Å². The number of H-pyrrole nitrogens is 1. The van der Waals surface area contributed by atoms with Gasteiger partial charge in [0.1, 0.15) is 11.5 Å². The topological polar surface area (TPSA) is 83.8 Å². The molecule has 0 spiro atoms. The molecule has 2 rings (SSSR count). The highest BCUT2D eigenvalue weighted by Crippen LogP contribution is 2.29. The molecule has 0 radical (unpaired) electrons. The normalized spacial score (nSPS) is 10.5. The lowest BCUT2D eigenvalue weighted by Crippen LogP contribution is -2.06. The Morgan fingerprint density at radius 3 is 2.79 bits per heavy atom. The molecule has 0 saturated heterocycles. The van der Waals surface area contributed by atoms with Crippen LogP contribution in [0.4, 0.5) is 20.2 Å². The molecule has 0 aliphatic heterocycles. The molecule has 1 aromatic heterocycles. The molecule has 100 valence electrons. The summed E-state index contributed by atoms with van der Waals surface area (Å²) in [4.78, 5) is 16.7. The average molecular weight is 268 g/mol. The summed E-state index contributed by atoms with van der Waals surface area (Å²) in [7, 11) is 0. The van der Waals surface area contributed by atoms with E-state index in [4.69, 9.17) is 0 Å². The lowest BCUT2D eigenvalue weighted by Gasteiger charge is -2.07. The van der Waals surface area contributed by atoms with E-state index in [2.05, 4.69) is 15.3 Å². The molecule has 0 fully saturated rings. The van der Waals surface area contributed by atoms with E-state index in [1.54, 1.807) is 6.92 Å². The number of nitrogens with one attached hydrogen (secondary N) is 2. The Balaban J connectivity index is 2.29. The first-order valence-electron chi connectivity index (χ1n) is 5.35.